The van der Waals surface area contributed by atoms with Crippen molar-refractivity contribution in [1.29, 1.82) is 0 Å². The van der Waals surface area contributed by atoms with Gasteiger partial charge >= 0.3 is 0 Å². The van der Waals surface area contributed by atoms with Crippen LogP contribution in [0.3, 0.4) is 0 Å². The molecule has 0 atom stereocenters. The molecule has 0 bridgehead atoms. The van der Waals surface area contributed by atoms with Crippen LogP contribution in [0.4, 0.5) is 4.39 Å². The molecule has 2 rings (SSSR count). The van der Waals surface area contributed by atoms with Crippen molar-refractivity contribution in [3.05, 3.63) is 53.1 Å². The molecule has 0 saturated heterocycles. The van der Waals surface area contributed by atoms with Crippen LogP contribution in [0.15, 0.2) is 36.5 Å². The molecular formula is C16H18ClFN2O. The highest BCUT2D eigenvalue weighted by Gasteiger charge is 2.04. The molecule has 21 heavy (non-hydrogen) atoms. The predicted molar refractivity (Wildman–Crippen MR) is 82.3 cm³/mol. The van der Waals surface area contributed by atoms with Gasteiger partial charge in [0.05, 0.1) is 10.7 Å². The summed E-state index contributed by atoms with van der Waals surface area (Å²) >= 11 is 5.64. The van der Waals surface area contributed by atoms with Crippen LogP contribution in [0.1, 0.15) is 19.5 Å². The SMILES string of the molecule is CC(C)CNCc1cc(Oc2ccc(Cl)c(F)c2)ccn1. The fraction of sp³-hybridized carbons (Fsp3) is 0.312. The second-order valence-electron chi connectivity index (χ2n) is 5.19. The molecular weight excluding hydrogens is 291 g/mol. The number of nitrogens with zero attached hydrogens (tertiary/aromatic N) is 1. The Hall–Kier alpha value is -1.65. The zero-order chi connectivity index (χ0) is 15.2. The van der Waals surface area contributed by atoms with E-state index in [9.17, 15) is 4.39 Å². The Kier molecular flexibility index (Phi) is 5.53. The van der Waals surface area contributed by atoms with Crippen molar-refractivity contribution < 1.29 is 9.13 Å². The molecule has 1 aromatic carbocycles. The van der Waals surface area contributed by atoms with Crippen molar-refractivity contribution in [2.45, 2.75) is 20.4 Å². The molecule has 0 saturated carbocycles. The van der Waals surface area contributed by atoms with Gasteiger partial charge in [-0.25, -0.2) is 4.39 Å². The van der Waals surface area contributed by atoms with E-state index >= 15 is 0 Å². The van der Waals surface area contributed by atoms with Crippen LogP contribution in [0.25, 0.3) is 0 Å². The predicted octanol–water partition coefficient (Wildman–Crippen LogP) is 4.41. The highest BCUT2D eigenvalue weighted by Crippen LogP contribution is 2.25. The topological polar surface area (TPSA) is 34.1 Å². The summed E-state index contributed by atoms with van der Waals surface area (Å²) in [6.45, 7) is 5.89. The van der Waals surface area contributed by atoms with Gasteiger partial charge in [0, 0.05) is 24.9 Å². The Labute approximate surface area is 129 Å². The van der Waals surface area contributed by atoms with E-state index in [4.69, 9.17) is 16.3 Å². The molecule has 0 aliphatic carbocycles. The minimum absolute atomic E-state index is 0.0793. The van der Waals surface area contributed by atoms with Gasteiger partial charge in [0.25, 0.3) is 0 Å². The molecule has 0 radical (unpaired) electrons. The molecule has 0 fully saturated rings. The van der Waals surface area contributed by atoms with Gasteiger partial charge in [-0.3, -0.25) is 4.98 Å². The van der Waals surface area contributed by atoms with Gasteiger partial charge in [0.15, 0.2) is 0 Å². The second kappa shape index (κ2) is 7.38. The summed E-state index contributed by atoms with van der Waals surface area (Å²) in [5.74, 6) is 1.11. The summed E-state index contributed by atoms with van der Waals surface area (Å²) in [6.07, 6.45) is 1.67. The average molecular weight is 309 g/mol. The molecule has 3 nitrogen and oxygen atoms in total. The molecule has 2 aromatic rings. The third-order valence-electron chi connectivity index (χ3n) is 2.77. The highest BCUT2D eigenvalue weighted by atomic mass is 35.5. The first-order valence-corrected chi connectivity index (χ1v) is 7.21. The maximum Gasteiger partial charge on any atom is 0.145 e. The van der Waals surface area contributed by atoms with Gasteiger partial charge in [-0.05, 0) is 30.7 Å². The van der Waals surface area contributed by atoms with Gasteiger partial charge in [-0.15, -0.1) is 0 Å². The van der Waals surface area contributed by atoms with E-state index in [-0.39, 0.29) is 5.02 Å². The van der Waals surface area contributed by atoms with Gasteiger partial charge in [-0.2, -0.15) is 0 Å². The minimum atomic E-state index is -0.498. The maximum absolute atomic E-state index is 13.4. The van der Waals surface area contributed by atoms with Crippen LogP contribution in [-0.4, -0.2) is 11.5 Å². The fourth-order valence-electron chi connectivity index (χ4n) is 1.78. The summed E-state index contributed by atoms with van der Waals surface area (Å²) in [6, 6.07) is 7.93. The number of halogens is 2. The second-order valence-corrected chi connectivity index (χ2v) is 5.59. The number of benzene rings is 1. The van der Waals surface area contributed by atoms with Crippen LogP contribution >= 0.6 is 11.6 Å². The number of aromatic nitrogens is 1. The summed E-state index contributed by atoms with van der Waals surface area (Å²) in [7, 11) is 0. The lowest BCUT2D eigenvalue weighted by atomic mass is 10.2. The monoisotopic (exact) mass is 308 g/mol. The largest absolute Gasteiger partial charge is 0.457 e. The Bertz CT molecular complexity index is 605. The first-order chi connectivity index (χ1) is 10.0. The van der Waals surface area contributed by atoms with Crippen molar-refractivity contribution in [3.63, 3.8) is 0 Å². The van der Waals surface area contributed by atoms with Crippen LogP contribution in [-0.2, 0) is 6.54 Å². The smallest absolute Gasteiger partial charge is 0.145 e. The summed E-state index contributed by atoms with van der Waals surface area (Å²) in [4.78, 5) is 4.27. The van der Waals surface area contributed by atoms with Crippen molar-refractivity contribution >= 4 is 11.6 Å². The van der Waals surface area contributed by atoms with E-state index in [0.717, 1.165) is 12.2 Å². The highest BCUT2D eigenvalue weighted by molar-refractivity contribution is 6.30. The summed E-state index contributed by atoms with van der Waals surface area (Å²) in [5.41, 5.74) is 0.877. The fourth-order valence-corrected chi connectivity index (χ4v) is 1.90. The first kappa shape index (κ1) is 15.7. The van der Waals surface area contributed by atoms with Crippen LogP contribution in [0.5, 0.6) is 11.5 Å². The number of hydrogen-bond donors (Lipinski definition) is 1. The van der Waals surface area contributed by atoms with E-state index in [1.165, 1.54) is 12.1 Å². The van der Waals surface area contributed by atoms with Crippen molar-refractivity contribution in [1.82, 2.24) is 10.3 Å². The zero-order valence-corrected chi connectivity index (χ0v) is 12.8. The third-order valence-corrected chi connectivity index (χ3v) is 3.08. The van der Waals surface area contributed by atoms with Crippen LogP contribution in [0, 0.1) is 11.7 Å². The van der Waals surface area contributed by atoms with Gasteiger partial charge in [0.2, 0.25) is 0 Å². The molecule has 1 N–H and O–H groups in total. The molecule has 0 aliphatic rings. The quantitative estimate of drug-likeness (QED) is 0.858. The van der Waals surface area contributed by atoms with Crippen molar-refractivity contribution in [2.75, 3.05) is 6.54 Å². The molecule has 0 aliphatic heterocycles. The lowest BCUT2D eigenvalue weighted by Gasteiger charge is -2.09. The number of ether oxygens (including phenoxy) is 1. The lowest BCUT2D eigenvalue weighted by Crippen LogP contribution is -2.19. The van der Waals surface area contributed by atoms with Crippen molar-refractivity contribution in [3.8, 4) is 11.5 Å². The van der Waals surface area contributed by atoms with Crippen molar-refractivity contribution in [2.24, 2.45) is 5.92 Å². The zero-order valence-electron chi connectivity index (χ0n) is 12.1. The van der Waals surface area contributed by atoms with Crippen LogP contribution < -0.4 is 10.1 Å². The van der Waals surface area contributed by atoms with E-state index in [1.54, 1.807) is 18.3 Å². The van der Waals surface area contributed by atoms with Crippen LogP contribution in [0.2, 0.25) is 5.02 Å². The Balaban J connectivity index is 2.01. The summed E-state index contributed by atoms with van der Waals surface area (Å²) in [5, 5.41) is 3.39. The standard InChI is InChI=1S/C16H18ClFN2O/c1-11(2)9-19-10-12-7-14(5-6-20-12)21-13-3-4-15(17)16(18)8-13/h3-8,11,19H,9-10H2,1-2H3. The minimum Gasteiger partial charge on any atom is -0.457 e. The number of rotatable bonds is 6. The van der Waals surface area contributed by atoms with Gasteiger partial charge in [0.1, 0.15) is 17.3 Å². The summed E-state index contributed by atoms with van der Waals surface area (Å²) < 4.78 is 19.0. The first-order valence-electron chi connectivity index (χ1n) is 6.83. The maximum atomic E-state index is 13.4. The Morgan fingerprint density at radius 1 is 1.24 bits per heavy atom. The number of pyridine rings is 1. The molecule has 1 heterocycles. The van der Waals surface area contributed by atoms with E-state index in [1.807, 2.05) is 6.07 Å². The molecule has 112 valence electrons. The Morgan fingerprint density at radius 2 is 2.00 bits per heavy atom. The molecule has 5 heteroatoms. The van der Waals surface area contributed by atoms with E-state index < -0.39 is 5.82 Å². The molecule has 0 amide bonds. The molecule has 0 spiro atoms. The average Bonchev–Trinajstić information content (AvgIpc) is 2.43. The normalized spacial score (nSPS) is 10.9. The number of hydrogen-bond acceptors (Lipinski definition) is 3. The van der Waals surface area contributed by atoms with Gasteiger partial charge < -0.3 is 10.1 Å². The molecule has 0 unspecified atom stereocenters. The van der Waals surface area contributed by atoms with Gasteiger partial charge in [-0.1, -0.05) is 25.4 Å². The van der Waals surface area contributed by atoms with E-state index in [2.05, 4.69) is 24.1 Å². The van der Waals surface area contributed by atoms with E-state index in [0.29, 0.717) is 24.0 Å². The molecule has 1 aromatic heterocycles. The lowest BCUT2D eigenvalue weighted by molar-refractivity contribution is 0.474. The third kappa shape index (κ3) is 4.99. The number of nitrogens with one attached hydrogen (secondary N) is 1. The Morgan fingerprint density at radius 3 is 2.71 bits per heavy atom.